The minimum atomic E-state index is -0.737. The molecule has 2 aromatic carbocycles. The molecule has 0 saturated heterocycles. The SMILES string of the molecule is C=C(CI)C(=O)N(Cc1ccccc1)[C@@H](CC(C)C)C(=O)NCC(=O)OCc1ccccc1. The van der Waals surface area contributed by atoms with Crippen LogP contribution in [-0.4, -0.2) is 39.7 Å². The zero-order valence-corrected chi connectivity index (χ0v) is 21.3. The first-order chi connectivity index (χ1) is 15.8. The molecule has 0 bridgehead atoms. The van der Waals surface area contributed by atoms with Crippen LogP contribution in [0.4, 0.5) is 0 Å². The van der Waals surface area contributed by atoms with E-state index in [1.165, 1.54) is 0 Å². The van der Waals surface area contributed by atoms with Crippen molar-refractivity contribution >= 4 is 40.4 Å². The Morgan fingerprint density at radius 2 is 1.58 bits per heavy atom. The van der Waals surface area contributed by atoms with E-state index in [0.29, 0.717) is 16.4 Å². The number of rotatable bonds is 12. The Morgan fingerprint density at radius 3 is 2.12 bits per heavy atom. The molecule has 2 aromatic rings. The number of hydrogen-bond donors (Lipinski definition) is 1. The maximum Gasteiger partial charge on any atom is 0.325 e. The summed E-state index contributed by atoms with van der Waals surface area (Å²) < 4.78 is 5.71. The van der Waals surface area contributed by atoms with Crippen molar-refractivity contribution in [2.45, 2.75) is 39.5 Å². The van der Waals surface area contributed by atoms with E-state index in [1.807, 2.05) is 74.5 Å². The van der Waals surface area contributed by atoms with Gasteiger partial charge in [0.15, 0.2) is 0 Å². The van der Waals surface area contributed by atoms with E-state index in [0.717, 1.165) is 11.1 Å². The van der Waals surface area contributed by atoms with Gasteiger partial charge in [-0.15, -0.1) is 0 Å². The Labute approximate surface area is 209 Å². The van der Waals surface area contributed by atoms with Gasteiger partial charge in [-0.1, -0.05) is 104 Å². The molecule has 0 aliphatic heterocycles. The average molecular weight is 562 g/mol. The molecule has 1 N–H and O–H groups in total. The third-order valence-corrected chi connectivity index (χ3v) is 5.86. The van der Waals surface area contributed by atoms with Gasteiger partial charge in [-0.05, 0) is 23.5 Å². The Hall–Kier alpha value is -2.68. The van der Waals surface area contributed by atoms with Crippen LogP contribution in [0.5, 0.6) is 0 Å². The summed E-state index contributed by atoms with van der Waals surface area (Å²) in [6.07, 6.45) is 0.456. The molecule has 2 rings (SSSR count). The van der Waals surface area contributed by atoms with Crippen LogP contribution in [0, 0.1) is 5.92 Å². The first-order valence-electron chi connectivity index (χ1n) is 10.9. The highest BCUT2D eigenvalue weighted by Gasteiger charge is 2.31. The zero-order valence-electron chi connectivity index (χ0n) is 19.1. The van der Waals surface area contributed by atoms with Crippen LogP contribution in [0.2, 0.25) is 0 Å². The summed E-state index contributed by atoms with van der Waals surface area (Å²) in [4.78, 5) is 40.1. The van der Waals surface area contributed by atoms with Gasteiger partial charge in [-0.3, -0.25) is 14.4 Å². The van der Waals surface area contributed by atoms with E-state index in [1.54, 1.807) is 4.90 Å². The summed E-state index contributed by atoms with van der Waals surface area (Å²) in [5.74, 6) is -1.02. The second kappa shape index (κ2) is 13.8. The third-order valence-electron chi connectivity index (χ3n) is 4.94. The first-order valence-corrected chi connectivity index (χ1v) is 12.4. The predicted octanol–water partition coefficient (Wildman–Crippen LogP) is 4.28. The van der Waals surface area contributed by atoms with E-state index in [4.69, 9.17) is 4.74 Å². The lowest BCUT2D eigenvalue weighted by molar-refractivity contribution is -0.146. The standard InChI is InChI=1S/C26H31IN2O4/c1-19(2)14-23(25(31)28-16-24(30)33-18-22-12-8-5-9-13-22)29(26(32)20(3)15-27)17-21-10-6-4-7-11-21/h4-13,19,23H,3,14-18H2,1-2H3,(H,28,31)/t23-/m0/s1. The summed E-state index contributed by atoms with van der Waals surface area (Å²) in [6.45, 7) is 8.02. The minimum Gasteiger partial charge on any atom is -0.460 e. The van der Waals surface area contributed by atoms with Gasteiger partial charge in [-0.25, -0.2) is 0 Å². The molecule has 0 aromatic heterocycles. The van der Waals surface area contributed by atoms with E-state index in [9.17, 15) is 14.4 Å². The topological polar surface area (TPSA) is 75.7 Å². The molecule has 0 aliphatic carbocycles. The van der Waals surface area contributed by atoms with Gasteiger partial charge in [-0.2, -0.15) is 0 Å². The van der Waals surface area contributed by atoms with Crippen LogP contribution in [-0.2, 0) is 32.3 Å². The fourth-order valence-corrected chi connectivity index (χ4v) is 3.58. The second-order valence-corrected chi connectivity index (χ2v) is 8.93. The third kappa shape index (κ3) is 9.00. The number of esters is 1. The molecule has 0 unspecified atom stereocenters. The van der Waals surface area contributed by atoms with Gasteiger partial charge in [0.1, 0.15) is 19.2 Å². The van der Waals surface area contributed by atoms with Crippen LogP contribution in [0.3, 0.4) is 0 Å². The Bertz CT molecular complexity index is 932. The molecule has 6 nitrogen and oxygen atoms in total. The smallest absolute Gasteiger partial charge is 0.325 e. The highest BCUT2D eigenvalue weighted by molar-refractivity contribution is 14.1. The quantitative estimate of drug-likeness (QED) is 0.182. The normalized spacial score (nSPS) is 11.5. The van der Waals surface area contributed by atoms with Gasteiger partial charge in [0, 0.05) is 16.5 Å². The summed E-state index contributed by atoms with van der Waals surface area (Å²) in [5.41, 5.74) is 2.21. The van der Waals surface area contributed by atoms with Gasteiger partial charge >= 0.3 is 5.97 Å². The molecule has 0 fully saturated rings. The molecular formula is C26H31IN2O4. The molecule has 2 amide bonds. The molecule has 33 heavy (non-hydrogen) atoms. The maximum atomic E-state index is 13.2. The predicted molar refractivity (Wildman–Crippen MR) is 138 cm³/mol. The number of ether oxygens (including phenoxy) is 1. The molecule has 0 spiro atoms. The summed E-state index contributed by atoms with van der Waals surface area (Å²) in [5, 5.41) is 2.66. The lowest BCUT2D eigenvalue weighted by atomic mass is 10.00. The highest BCUT2D eigenvalue weighted by Crippen LogP contribution is 2.19. The van der Waals surface area contributed by atoms with Gasteiger partial charge in [0.2, 0.25) is 5.91 Å². The van der Waals surface area contributed by atoms with Crippen LogP contribution < -0.4 is 5.32 Å². The lowest BCUT2D eigenvalue weighted by Crippen LogP contribution is -2.51. The summed E-state index contributed by atoms with van der Waals surface area (Å²) in [7, 11) is 0. The van der Waals surface area contributed by atoms with Crippen molar-refractivity contribution in [3.63, 3.8) is 0 Å². The van der Waals surface area contributed by atoms with Crippen molar-refractivity contribution in [2.75, 3.05) is 11.0 Å². The number of hydrogen-bond acceptors (Lipinski definition) is 4. The zero-order chi connectivity index (χ0) is 24.2. The van der Waals surface area contributed by atoms with E-state index in [-0.39, 0.29) is 37.4 Å². The average Bonchev–Trinajstić information content (AvgIpc) is 2.83. The number of amides is 2. The van der Waals surface area contributed by atoms with Crippen molar-refractivity contribution < 1.29 is 19.1 Å². The highest BCUT2D eigenvalue weighted by atomic mass is 127. The number of alkyl halides is 1. The number of nitrogens with zero attached hydrogens (tertiary/aromatic N) is 1. The van der Waals surface area contributed by atoms with Crippen molar-refractivity contribution in [3.8, 4) is 0 Å². The van der Waals surface area contributed by atoms with Crippen molar-refractivity contribution in [1.82, 2.24) is 10.2 Å². The van der Waals surface area contributed by atoms with E-state index >= 15 is 0 Å². The molecule has 1 atom stereocenters. The summed E-state index contributed by atoms with van der Waals surface area (Å²) in [6, 6.07) is 18.1. The first kappa shape index (κ1) is 26.6. The fourth-order valence-electron chi connectivity index (χ4n) is 3.25. The molecule has 7 heteroatoms. The monoisotopic (exact) mass is 562 g/mol. The van der Waals surface area contributed by atoms with Crippen LogP contribution in [0.15, 0.2) is 72.8 Å². The fraction of sp³-hybridized carbons (Fsp3) is 0.346. The molecule has 176 valence electrons. The largest absolute Gasteiger partial charge is 0.460 e. The molecular weight excluding hydrogens is 531 g/mol. The Balaban J connectivity index is 2.11. The molecule has 0 heterocycles. The molecule has 0 aliphatic rings. The number of benzene rings is 2. The van der Waals surface area contributed by atoms with Gasteiger partial charge < -0.3 is 15.0 Å². The lowest BCUT2D eigenvalue weighted by Gasteiger charge is -2.32. The maximum absolute atomic E-state index is 13.2. The number of carbonyl (C=O) groups excluding carboxylic acids is 3. The second-order valence-electron chi connectivity index (χ2n) is 8.17. The Kier molecular flexibility index (Phi) is 11.1. The van der Waals surface area contributed by atoms with Crippen LogP contribution in [0.25, 0.3) is 0 Å². The number of halogens is 1. The van der Waals surface area contributed by atoms with Crippen molar-refractivity contribution in [1.29, 1.82) is 0 Å². The van der Waals surface area contributed by atoms with Crippen LogP contribution in [0.1, 0.15) is 31.4 Å². The number of carbonyl (C=O) groups is 3. The van der Waals surface area contributed by atoms with Crippen molar-refractivity contribution in [3.05, 3.63) is 83.9 Å². The van der Waals surface area contributed by atoms with Crippen molar-refractivity contribution in [2.24, 2.45) is 5.92 Å². The van der Waals surface area contributed by atoms with E-state index < -0.39 is 12.0 Å². The number of nitrogens with one attached hydrogen (secondary N) is 1. The summed E-state index contributed by atoms with van der Waals surface area (Å²) >= 11 is 2.09. The minimum absolute atomic E-state index is 0.138. The van der Waals surface area contributed by atoms with Gasteiger partial charge in [0.05, 0.1) is 0 Å². The van der Waals surface area contributed by atoms with Gasteiger partial charge in [0.25, 0.3) is 5.91 Å². The Morgan fingerprint density at radius 1 is 1.00 bits per heavy atom. The molecule has 0 saturated carbocycles. The van der Waals surface area contributed by atoms with E-state index in [2.05, 4.69) is 34.5 Å². The van der Waals surface area contributed by atoms with Crippen LogP contribution >= 0.6 is 22.6 Å². The molecule has 0 radical (unpaired) electrons.